The van der Waals surface area contributed by atoms with Crippen LogP contribution in [0.2, 0.25) is 0 Å². The molecule has 8 nitrogen and oxygen atoms in total. The summed E-state index contributed by atoms with van der Waals surface area (Å²) in [5.41, 5.74) is 0. The minimum atomic E-state index is -4.13. The van der Waals surface area contributed by atoms with Crippen molar-refractivity contribution in [2.45, 2.75) is 90.8 Å². The highest BCUT2D eigenvalue weighted by molar-refractivity contribution is 7.58. The molecular weight excluding hydrogens is 406 g/mol. The van der Waals surface area contributed by atoms with Gasteiger partial charge in [-0.1, -0.05) is 53.4 Å². The van der Waals surface area contributed by atoms with E-state index >= 15 is 0 Å². The van der Waals surface area contributed by atoms with Crippen molar-refractivity contribution in [1.29, 1.82) is 0 Å². The predicted octanol–water partition coefficient (Wildman–Crippen LogP) is 5.28. The number of aliphatic hydroxyl groups excluding tert-OH is 2. The Hall–Kier alpha value is 0.220. The summed E-state index contributed by atoms with van der Waals surface area (Å²) in [5, 5.41) is 21.2. The molecule has 2 atom stereocenters. The first-order chi connectivity index (χ1) is 13.3. The van der Waals surface area contributed by atoms with Crippen LogP contribution in [0.1, 0.15) is 79.1 Å². The molecule has 170 valence electrons. The first-order valence-electron chi connectivity index (χ1n) is 10.4. The van der Waals surface area contributed by atoms with Crippen LogP contribution in [-0.2, 0) is 27.2 Å². The molecule has 28 heavy (non-hydrogen) atoms. The van der Waals surface area contributed by atoms with E-state index in [0.29, 0.717) is 25.7 Å². The molecule has 0 saturated carbocycles. The molecule has 0 radical (unpaired) electrons. The van der Waals surface area contributed by atoms with E-state index in [1.54, 1.807) is 0 Å². The van der Waals surface area contributed by atoms with E-state index in [-0.39, 0.29) is 26.4 Å². The summed E-state index contributed by atoms with van der Waals surface area (Å²) < 4.78 is 47.6. The van der Waals surface area contributed by atoms with E-state index in [1.807, 2.05) is 27.7 Å². The van der Waals surface area contributed by atoms with Crippen molar-refractivity contribution in [3.8, 4) is 0 Å². The van der Waals surface area contributed by atoms with E-state index < -0.39 is 26.9 Å². The van der Waals surface area contributed by atoms with Crippen molar-refractivity contribution in [3.63, 3.8) is 0 Å². The lowest BCUT2D eigenvalue weighted by molar-refractivity contribution is 0.0527. The van der Waals surface area contributed by atoms with Crippen LogP contribution in [0.25, 0.3) is 0 Å². The molecule has 0 aliphatic carbocycles. The molecule has 0 aliphatic rings. The molecule has 0 amide bonds. The van der Waals surface area contributed by atoms with Crippen LogP contribution >= 0.6 is 15.2 Å². The smallest absolute Gasteiger partial charge is 0.362 e. The highest BCUT2D eigenvalue weighted by Gasteiger charge is 2.49. The molecule has 0 rings (SSSR count). The molecule has 0 aromatic rings. The van der Waals surface area contributed by atoms with Crippen molar-refractivity contribution in [2.75, 3.05) is 26.4 Å². The number of aliphatic hydroxyl groups is 2. The number of hydrogen-bond donors (Lipinski definition) is 2. The second-order valence-corrected chi connectivity index (χ2v) is 10.9. The summed E-state index contributed by atoms with van der Waals surface area (Å²) in [6, 6.07) is 0. The molecule has 10 heteroatoms. The molecule has 2 unspecified atom stereocenters. The second-order valence-electron chi connectivity index (χ2n) is 6.65. The molecule has 0 aromatic carbocycles. The summed E-state index contributed by atoms with van der Waals surface area (Å²) in [7, 11) is -8.25. The lowest BCUT2D eigenvalue weighted by Gasteiger charge is -2.30. The zero-order valence-corrected chi connectivity index (χ0v) is 19.7. The minimum Gasteiger partial charge on any atom is -0.378 e. The van der Waals surface area contributed by atoms with Crippen LogP contribution in [0.4, 0.5) is 0 Å². The second kappa shape index (κ2) is 16.0. The molecule has 0 heterocycles. The zero-order chi connectivity index (χ0) is 21.5. The Morgan fingerprint density at radius 1 is 0.571 bits per heavy atom. The number of rotatable bonds is 19. The average molecular weight is 446 g/mol. The monoisotopic (exact) mass is 446 g/mol. The van der Waals surface area contributed by atoms with E-state index in [1.165, 1.54) is 0 Å². The highest BCUT2D eigenvalue weighted by Crippen LogP contribution is 2.62. The fraction of sp³-hybridized carbons (Fsp3) is 1.00. The maximum absolute atomic E-state index is 13.1. The maximum atomic E-state index is 13.1. The minimum absolute atomic E-state index is 0.0986. The normalized spacial score (nSPS) is 14.9. The summed E-state index contributed by atoms with van der Waals surface area (Å²) >= 11 is 0. The summed E-state index contributed by atoms with van der Waals surface area (Å²) in [6.07, 6.45) is 5.64. The van der Waals surface area contributed by atoms with Gasteiger partial charge >= 0.3 is 15.2 Å². The zero-order valence-electron chi connectivity index (χ0n) is 17.9. The fourth-order valence-corrected chi connectivity index (χ4v) is 5.98. The van der Waals surface area contributed by atoms with Gasteiger partial charge < -0.3 is 28.3 Å². The maximum Gasteiger partial charge on any atom is 0.362 e. The molecular formula is C18H40O8P2. The van der Waals surface area contributed by atoms with Gasteiger partial charge in [-0.2, -0.15) is 0 Å². The van der Waals surface area contributed by atoms with Gasteiger partial charge in [0, 0.05) is 0 Å². The highest BCUT2D eigenvalue weighted by atomic mass is 31.2. The molecule has 0 bridgehead atoms. The van der Waals surface area contributed by atoms with Crippen LogP contribution in [0.15, 0.2) is 0 Å². The van der Waals surface area contributed by atoms with Crippen molar-refractivity contribution in [3.05, 3.63) is 0 Å². The molecule has 0 spiro atoms. The standard InChI is InChI=1S/C18H40O8P2/c1-5-9-13-23-27(21,24-14-10-6-2)17(19)18(20)28(22,25-15-11-7-3)26-16-12-8-4/h17-20H,5-16H2,1-4H3. The van der Waals surface area contributed by atoms with E-state index in [4.69, 9.17) is 18.1 Å². The van der Waals surface area contributed by atoms with Gasteiger partial charge in [-0.25, -0.2) is 0 Å². The van der Waals surface area contributed by atoms with Crippen molar-refractivity contribution in [2.24, 2.45) is 0 Å². The Balaban J connectivity index is 5.37. The molecule has 0 aliphatic heterocycles. The van der Waals surface area contributed by atoms with Crippen LogP contribution in [-0.4, -0.2) is 48.3 Å². The van der Waals surface area contributed by atoms with E-state index in [2.05, 4.69) is 0 Å². The summed E-state index contributed by atoms with van der Waals surface area (Å²) in [5.74, 6) is -4.04. The first-order valence-corrected chi connectivity index (χ1v) is 13.7. The number of unbranched alkanes of at least 4 members (excludes halogenated alkanes) is 4. The first kappa shape index (κ1) is 28.2. The van der Waals surface area contributed by atoms with Crippen molar-refractivity contribution in [1.82, 2.24) is 0 Å². The predicted molar refractivity (Wildman–Crippen MR) is 111 cm³/mol. The fourth-order valence-electron chi connectivity index (χ4n) is 2.05. The Morgan fingerprint density at radius 2 is 0.786 bits per heavy atom. The van der Waals surface area contributed by atoms with Crippen molar-refractivity contribution < 1.29 is 37.4 Å². The Bertz CT molecular complexity index is 405. The van der Waals surface area contributed by atoms with E-state index in [0.717, 1.165) is 25.7 Å². The Kier molecular flexibility index (Phi) is 16.1. The number of hydrogen-bond acceptors (Lipinski definition) is 8. The molecule has 0 saturated heterocycles. The van der Waals surface area contributed by atoms with Gasteiger partial charge in [0.25, 0.3) is 0 Å². The van der Waals surface area contributed by atoms with Gasteiger partial charge in [0.1, 0.15) is 0 Å². The lowest BCUT2D eigenvalue weighted by atomic mass is 10.4. The molecule has 0 aromatic heterocycles. The Labute approximate surface area is 170 Å². The van der Waals surface area contributed by atoms with Gasteiger partial charge in [-0.3, -0.25) is 9.13 Å². The van der Waals surface area contributed by atoms with E-state index in [9.17, 15) is 19.3 Å². The average Bonchev–Trinajstić information content (AvgIpc) is 2.67. The lowest BCUT2D eigenvalue weighted by Crippen LogP contribution is -2.30. The van der Waals surface area contributed by atoms with Crippen LogP contribution in [0.3, 0.4) is 0 Å². The van der Waals surface area contributed by atoms with Gasteiger partial charge in [0.15, 0.2) is 11.7 Å². The third kappa shape index (κ3) is 10.3. The third-order valence-electron chi connectivity index (χ3n) is 3.99. The van der Waals surface area contributed by atoms with Crippen LogP contribution in [0, 0.1) is 0 Å². The Morgan fingerprint density at radius 3 is 0.964 bits per heavy atom. The summed E-state index contributed by atoms with van der Waals surface area (Å²) in [4.78, 5) is 0. The third-order valence-corrected chi connectivity index (χ3v) is 8.26. The van der Waals surface area contributed by atoms with Gasteiger partial charge in [-0.15, -0.1) is 0 Å². The topological polar surface area (TPSA) is 112 Å². The van der Waals surface area contributed by atoms with Crippen LogP contribution in [0.5, 0.6) is 0 Å². The van der Waals surface area contributed by atoms with Crippen LogP contribution < -0.4 is 0 Å². The molecule has 0 fully saturated rings. The van der Waals surface area contributed by atoms with Gasteiger partial charge in [-0.05, 0) is 25.7 Å². The quantitative estimate of drug-likeness (QED) is 0.204. The van der Waals surface area contributed by atoms with Crippen molar-refractivity contribution >= 4 is 15.2 Å². The molecule has 2 N–H and O–H groups in total. The van der Waals surface area contributed by atoms with Gasteiger partial charge in [0.2, 0.25) is 0 Å². The van der Waals surface area contributed by atoms with Gasteiger partial charge in [0.05, 0.1) is 26.4 Å². The SMILES string of the molecule is CCCCOP(=O)(OCCCC)C(O)C(O)P(=O)(OCCCC)OCCCC. The largest absolute Gasteiger partial charge is 0.378 e. The summed E-state index contributed by atoms with van der Waals surface area (Å²) in [6.45, 7) is 8.15.